The number of aromatic hydroxyl groups is 1. The molecule has 0 aliphatic carbocycles. The van der Waals surface area contributed by atoms with Gasteiger partial charge in [0.1, 0.15) is 4.32 Å². The summed E-state index contributed by atoms with van der Waals surface area (Å²) in [6.07, 6.45) is 1.54. The molecule has 116 valence electrons. The number of nitrogens with zero attached hydrogens (tertiary/aromatic N) is 1. The number of thioether (sulfide) groups is 1. The van der Waals surface area contributed by atoms with Gasteiger partial charge in [0.2, 0.25) is 0 Å². The fourth-order valence-electron chi connectivity index (χ4n) is 1.75. The van der Waals surface area contributed by atoms with Gasteiger partial charge in [-0.15, -0.1) is 0 Å². The number of ether oxygens (including phenoxy) is 1. The highest BCUT2D eigenvalue weighted by atomic mass is 79.9. The second-order valence-electron chi connectivity index (χ2n) is 4.19. The number of phenols is 1. The lowest BCUT2D eigenvalue weighted by Crippen LogP contribution is -2.40. The van der Waals surface area contributed by atoms with Gasteiger partial charge in [-0.25, -0.2) is 0 Å². The number of carboxylic acids is 1. The van der Waals surface area contributed by atoms with Crippen molar-refractivity contribution in [1.29, 1.82) is 0 Å². The van der Waals surface area contributed by atoms with Crippen LogP contribution in [0, 0.1) is 0 Å². The molecule has 1 fully saturated rings. The molecule has 0 radical (unpaired) electrons. The van der Waals surface area contributed by atoms with Gasteiger partial charge in [-0.3, -0.25) is 9.69 Å². The Morgan fingerprint density at radius 2 is 2.27 bits per heavy atom. The van der Waals surface area contributed by atoms with E-state index in [-0.39, 0.29) is 20.7 Å². The first-order valence-electron chi connectivity index (χ1n) is 5.85. The van der Waals surface area contributed by atoms with Crippen LogP contribution in [-0.4, -0.2) is 39.9 Å². The van der Waals surface area contributed by atoms with E-state index in [1.807, 2.05) is 0 Å². The number of hydrogen-bond acceptors (Lipinski definition) is 7. The zero-order valence-corrected chi connectivity index (χ0v) is 14.4. The second kappa shape index (κ2) is 6.67. The van der Waals surface area contributed by atoms with Crippen LogP contribution in [0.1, 0.15) is 5.56 Å². The van der Waals surface area contributed by atoms with Crippen LogP contribution in [0.2, 0.25) is 0 Å². The predicted octanol–water partition coefficient (Wildman–Crippen LogP) is 1.11. The van der Waals surface area contributed by atoms with Crippen molar-refractivity contribution in [3.8, 4) is 11.5 Å². The molecule has 1 aromatic carbocycles. The molecule has 6 nitrogen and oxygen atoms in total. The Kier molecular flexibility index (Phi) is 5.09. The molecule has 1 saturated heterocycles. The molecule has 1 aromatic rings. The number of amides is 1. The van der Waals surface area contributed by atoms with E-state index in [1.54, 1.807) is 18.2 Å². The fraction of sp³-hybridized carbons (Fsp3) is 0.154. The first kappa shape index (κ1) is 16.8. The Hall–Kier alpha value is -1.58. The monoisotopic (exact) mass is 402 g/mol. The van der Waals surface area contributed by atoms with E-state index < -0.39 is 18.4 Å². The highest BCUT2D eigenvalue weighted by Gasteiger charge is 2.31. The standard InChI is InChI=1S/C13H10BrNO5S2/c1-20-8-3-6(2-7(14)11(8)18)4-9-12(19)15(5-10(16)17)13(21)22-9/h2-4,18H,5H2,1H3,(H,16,17)/p-1/b9-4+. The smallest absolute Gasteiger partial charge is 0.266 e. The Morgan fingerprint density at radius 3 is 2.86 bits per heavy atom. The van der Waals surface area contributed by atoms with Crippen LogP contribution in [0.4, 0.5) is 0 Å². The number of methoxy groups -OCH3 is 1. The maximum absolute atomic E-state index is 12.1. The third-order valence-corrected chi connectivity index (χ3v) is 4.71. The molecule has 1 aliphatic rings. The topological polar surface area (TPSA) is 89.9 Å². The number of carbonyl (C=O) groups excluding carboxylic acids is 2. The van der Waals surface area contributed by atoms with E-state index in [9.17, 15) is 19.8 Å². The van der Waals surface area contributed by atoms with E-state index in [1.165, 1.54) is 7.11 Å². The van der Waals surface area contributed by atoms with Crippen molar-refractivity contribution < 1.29 is 24.5 Å². The zero-order valence-electron chi connectivity index (χ0n) is 11.2. The van der Waals surface area contributed by atoms with Crippen LogP contribution < -0.4 is 9.84 Å². The molecule has 0 atom stereocenters. The van der Waals surface area contributed by atoms with Crippen LogP contribution in [0.3, 0.4) is 0 Å². The molecule has 0 bridgehead atoms. The number of benzene rings is 1. The summed E-state index contributed by atoms with van der Waals surface area (Å²) < 4.78 is 5.59. The van der Waals surface area contributed by atoms with Crippen LogP contribution >= 0.6 is 39.9 Å². The second-order valence-corrected chi connectivity index (χ2v) is 6.72. The minimum absolute atomic E-state index is 0.0517. The Bertz CT molecular complexity index is 704. The van der Waals surface area contributed by atoms with E-state index in [0.717, 1.165) is 16.7 Å². The summed E-state index contributed by atoms with van der Waals surface area (Å²) in [5.41, 5.74) is 0.593. The van der Waals surface area contributed by atoms with Gasteiger partial charge in [0.05, 0.1) is 29.0 Å². The third kappa shape index (κ3) is 3.42. The zero-order chi connectivity index (χ0) is 16.4. The summed E-state index contributed by atoms with van der Waals surface area (Å²) in [5, 5.41) is 20.4. The third-order valence-electron chi connectivity index (χ3n) is 2.73. The molecule has 1 amide bonds. The molecule has 0 aromatic heterocycles. The SMILES string of the molecule is COc1cc(/C=C2/SC(=S)N(CC(=O)[O-])C2=O)cc(Br)c1O. The van der Waals surface area contributed by atoms with E-state index in [4.69, 9.17) is 17.0 Å². The molecule has 1 aliphatic heterocycles. The van der Waals surface area contributed by atoms with Crippen molar-refractivity contribution in [1.82, 2.24) is 4.90 Å². The average molecular weight is 403 g/mol. The lowest BCUT2D eigenvalue weighted by atomic mass is 10.2. The Morgan fingerprint density at radius 1 is 1.59 bits per heavy atom. The average Bonchev–Trinajstić information content (AvgIpc) is 2.70. The summed E-state index contributed by atoms with van der Waals surface area (Å²) in [7, 11) is 1.41. The number of phenolic OH excluding ortho intramolecular Hbond substituents is 1. The summed E-state index contributed by atoms with van der Waals surface area (Å²) in [6.45, 7) is -0.579. The number of rotatable bonds is 4. The molecular formula is C13H9BrNO5S2-. The maximum atomic E-state index is 12.1. The molecule has 1 heterocycles. The molecule has 22 heavy (non-hydrogen) atoms. The van der Waals surface area contributed by atoms with Crippen molar-refractivity contribution in [3.05, 3.63) is 27.1 Å². The largest absolute Gasteiger partial charge is 0.548 e. The molecule has 0 saturated carbocycles. The van der Waals surface area contributed by atoms with Crippen LogP contribution in [0.15, 0.2) is 21.5 Å². The predicted molar refractivity (Wildman–Crippen MR) is 87.2 cm³/mol. The number of thiocarbonyl (C=S) groups is 1. The number of carboxylic acid groups (broad SMARTS) is 1. The number of hydrogen-bond donors (Lipinski definition) is 1. The van der Waals surface area contributed by atoms with Gasteiger partial charge in [0, 0.05) is 0 Å². The van der Waals surface area contributed by atoms with E-state index in [0.29, 0.717) is 10.0 Å². The Balaban J connectivity index is 2.34. The minimum atomic E-state index is -1.38. The van der Waals surface area contributed by atoms with Gasteiger partial charge in [-0.05, 0) is 39.7 Å². The molecule has 0 spiro atoms. The van der Waals surface area contributed by atoms with Gasteiger partial charge in [0.25, 0.3) is 5.91 Å². The van der Waals surface area contributed by atoms with E-state index in [2.05, 4.69) is 15.9 Å². The number of aliphatic carboxylic acids is 1. The van der Waals surface area contributed by atoms with Crippen molar-refractivity contribution in [2.75, 3.05) is 13.7 Å². The van der Waals surface area contributed by atoms with E-state index >= 15 is 0 Å². The summed E-state index contributed by atoms with van der Waals surface area (Å²) in [6, 6.07) is 3.15. The molecular weight excluding hydrogens is 394 g/mol. The number of carbonyl (C=O) groups is 2. The molecule has 0 unspecified atom stereocenters. The highest BCUT2D eigenvalue weighted by molar-refractivity contribution is 9.10. The quantitative estimate of drug-likeness (QED) is 0.595. The van der Waals surface area contributed by atoms with Crippen LogP contribution in [0.25, 0.3) is 6.08 Å². The van der Waals surface area contributed by atoms with Gasteiger partial charge in [-0.2, -0.15) is 0 Å². The first-order valence-corrected chi connectivity index (χ1v) is 7.87. The number of halogens is 1. The normalized spacial score (nSPS) is 16.5. The highest BCUT2D eigenvalue weighted by Crippen LogP contribution is 2.38. The minimum Gasteiger partial charge on any atom is -0.548 e. The van der Waals surface area contributed by atoms with Crippen molar-refractivity contribution in [3.63, 3.8) is 0 Å². The molecule has 9 heteroatoms. The summed E-state index contributed by atoms with van der Waals surface area (Å²) >= 11 is 9.17. The van der Waals surface area contributed by atoms with Crippen LogP contribution in [0.5, 0.6) is 11.5 Å². The van der Waals surface area contributed by atoms with Crippen molar-refractivity contribution >= 4 is 62.2 Å². The molecule has 1 N–H and O–H groups in total. The summed E-state index contributed by atoms with van der Waals surface area (Å²) in [5.74, 6) is -1.69. The van der Waals surface area contributed by atoms with Gasteiger partial charge in [0.15, 0.2) is 11.5 Å². The summed E-state index contributed by atoms with van der Waals surface area (Å²) in [4.78, 5) is 24.0. The van der Waals surface area contributed by atoms with Crippen molar-refractivity contribution in [2.45, 2.75) is 0 Å². The lowest BCUT2D eigenvalue weighted by Gasteiger charge is -2.14. The van der Waals surface area contributed by atoms with Gasteiger partial charge < -0.3 is 19.7 Å². The fourth-order valence-corrected chi connectivity index (χ4v) is 3.46. The lowest BCUT2D eigenvalue weighted by molar-refractivity contribution is -0.305. The van der Waals surface area contributed by atoms with Crippen LogP contribution in [-0.2, 0) is 9.59 Å². The molecule has 2 rings (SSSR count). The van der Waals surface area contributed by atoms with Gasteiger partial charge in [-0.1, -0.05) is 24.0 Å². The Labute approximate surface area is 143 Å². The van der Waals surface area contributed by atoms with Gasteiger partial charge >= 0.3 is 0 Å². The first-order chi connectivity index (χ1) is 10.3. The maximum Gasteiger partial charge on any atom is 0.266 e. The van der Waals surface area contributed by atoms with Crippen molar-refractivity contribution in [2.24, 2.45) is 0 Å².